The van der Waals surface area contributed by atoms with E-state index in [-0.39, 0.29) is 0 Å². The fourth-order valence-corrected chi connectivity index (χ4v) is 4.33. The van der Waals surface area contributed by atoms with Gasteiger partial charge in [-0.3, -0.25) is 9.88 Å². The summed E-state index contributed by atoms with van der Waals surface area (Å²) in [4.78, 5) is 9.33. The molecule has 4 heterocycles. The second-order valence-corrected chi connectivity index (χ2v) is 8.15. The summed E-state index contributed by atoms with van der Waals surface area (Å²) in [7, 11) is 0. The van der Waals surface area contributed by atoms with Gasteiger partial charge >= 0.3 is 0 Å². The third-order valence-electron chi connectivity index (χ3n) is 5.54. The van der Waals surface area contributed by atoms with Crippen LogP contribution in [0.15, 0.2) is 24.5 Å². The molecule has 1 unspecified atom stereocenters. The van der Waals surface area contributed by atoms with Crippen LogP contribution in [0.2, 0.25) is 0 Å². The standard InChI is InChI=1S/C20H30N6/c1-16(2)13-24-9-6-19-22-23-20(26(19)11-10-24)18-5-8-25(15-18)14-17-4-3-7-21-12-17/h3-4,7,12,16,18H,5-6,8-11,13-15H2,1-2H3. The molecule has 4 rings (SSSR count). The first-order valence-corrected chi connectivity index (χ1v) is 9.94. The van der Waals surface area contributed by atoms with E-state index in [2.05, 4.69) is 49.5 Å². The fourth-order valence-electron chi connectivity index (χ4n) is 4.33. The summed E-state index contributed by atoms with van der Waals surface area (Å²) in [6.07, 6.45) is 6.00. The molecule has 26 heavy (non-hydrogen) atoms. The van der Waals surface area contributed by atoms with E-state index in [1.54, 1.807) is 0 Å². The van der Waals surface area contributed by atoms with Crippen molar-refractivity contribution >= 4 is 0 Å². The first kappa shape index (κ1) is 17.6. The molecule has 2 aromatic heterocycles. The molecule has 6 heteroatoms. The van der Waals surface area contributed by atoms with E-state index in [9.17, 15) is 0 Å². The third-order valence-corrected chi connectivity index (χ3v) is 5.54. The summed E-state index contributed by atoms with van der Waals surface area (Å²) in [6.45, 7) is 12.2. The minimum absolute atomic E-state index is 0.504. The van der Waals surface area contributed by atoms with Gasteiger partial charge in [0.25, 0.3) is 0 Å². The molecule has 0 aromatic carbocycles. The number of pyridine rings is 1. The SMILES string of the molecule is CC(C)CN1CCc2nnc(C3CCN(Cc4cccnc4)C3)n2CC1. The van der Waals surface area contributed by atoms with Crippen LogP contribution in [0.1, 0.15) is 43.4 Å². The molecule has 140 valence electrons. The topological polar surface area (TPSA) is 50.1 Å². The van der Waals surface area contributed by atoms with E-state index in [4.69, 9.17) is 0 Å². The van der Waals surface area contributed by atoms with Crippen molar-refractivity contribution in [2.75, 3.05) is 32.7 Å². The molecule has 2 aliphatic heterocycles. The van der Waals surface area contributed by atoms with Crippen molar-refractivity contribution in [1.82, 2.24) is 29.5 Å². The van der Waals surface area contributed by atoms with Gasteiger partial charge in [-0.2, -0.15) is 0 Å². The van der Waals surface area contributed by atoms with Crippen molar-refractivity contribution in [2.45, 2.75) is 45.7 Å². The average molecular weight is 355 g/mol. The molecule has 2 aromatic rings. The van der Waals surface area contributed by atoms with Crippen LogP contribution in [0, 0.1) is 5.92 Å². The summed E-state index contributed by atoms with van der Waals surface area (Å²) in [5.41, 5.74) is 1.29. The molecule has 0 spiro atoms. The molecule has 2 aliphatic rings. The maximum atomic E-state index is 4.60. The van der Waals surface area contributed by atoms with Gasteiger partial charge in [0, 0.05) is 64.0 Å². The minimum Gasteiger partial charge on any atom is -0.313 e. The van der Waals surface area contributed by atoms with E-state index in [0.29, 0.717) is 11.8 Å². The van der Waals surface area contributed by atoms with Gasteiger partial charge in [-0.25, -0.2) is 0 Å². The lowest BCUT2D eigenvalue weighted by atomic mass is 10.1. The summed E-state index contributed by atoms with van der Waals surface area (Å²) in [6, 6.07) is 4.18. The molecule has 0 N–H and O–H groups in total. The molecule has 1 atom stereocenters. The molecule has 0 radical (unpaired) electrons. The Bertz CT molecular complexity index is 710. The van der Waals surface area contributed by atoms with Crippen molar-refractivity contribution in [3.05, 3.63) is 41.7 Å². The zero-order valence-corrected chi connectivity index (χ0v) is 16.0. The fraction of sp³-hybridized carbons (Fsp3) is 0.650. The van der Waals surface area contributed by atoms with Gasteiger partial charge in [0.15, 0.2) is 0 Å². The van der Waals surface area contributed by atoms with Crippen molar-refractivity contribution in [1.29, 1.82) is 0 Å². The zero-order valence-electron chi connectivity index (χ0n) is 16.0. The van der Waals surface area contributed by atoms with Crippen molar-refractivity contribution < 1.29 is 0 Å². The van der Waals surface area contributed by atoms with Gasteiger partial charge in [-0.1, -0.05) is 19.9 Å². The second-order valence-electron chi connectivity index (χ2n) is 8.15. The van der Waals surface area contributed by atoms with Crippen LogP contribution < -0.4 is 0 Å². The maximum Gasteiger partial charge on any atom is 0.137 e. The Balaban J connectivity index is 1.40. The number of likely N-dealkylation sites (tertiary alicyclic amines) is 1. The number of rotatable bonds is 5. The zero-order chi connectivity index (χ0) is 17.9. The summed E-state index contributed by atoms with van der Waals surface area (Å²) in [5.74, 6) is 3.61. The molecule has 0 amide bonds. The lowest BCUT2D eigenvalue weighted by Gasteiger charge is -2.21. The first-order valence-electron chi connectivity index (χ1n) is 9.94. The number of fused-ring (bicyclic) bond motifs is 1. The highest BCUT2D eigenvalue weighted by atomic mass is 15.3. The van der Waals surface area contributed by atoms with Crippen molar-refractivity contribution in [2.24, 2.45) is 5.92 Å². The van der Waals surface area contributed by atoms with Crippen molar-refractivity contribution in [3.8, 4) is 0 Å². The third kappa shape index (κ3) is 3.96. The number of hydrogen-bond acceptors (Lipinski definition) is 5. The van der Waals surface area contributed by atoms with Crippen LogP contribution in [0.5, 0.6) is 0 Å². The van der Waals surface area contributed by atoms with E-state index in [0.717, 1.165) is 45.7 Å². The largest absolute Gasteiger partial charge is 0.313 e. The van der Waals surface area contributed by atoms with E-state index >= 15 is 0 Å². The van der Waals surface area contributed by atoms with Gasteiger partial charge in [-0.15, -0.1) is 10.2 Å². The van der Waals surface area contributed by atoms with Crippen LogP contribution in [0.25, 0.3) is 0 Å². The smallest absolute Gasteiger partial charge is 0.137 e. The monoisotopic (exact) mass is 354 g/mol. The number of aromatic nitrogens is 4. The summed E-state index contributed by atoms with van der Waals surface area (Å²) in [5, 5.41) is 9.15. The molecular weight excluding hydrogens is 324 g/mol. The van der Waals surface area contributed by atoms with Gasteiger partial charge in [0.1, 0.15) is 11.6 Å². The summed E-state index contributed by atoms with van der Waals surface area (Å²) < 4.78 is 2.42. The van der Waals surface area contributed by atoms with Crippen LogP contribution in [-0.4, -0.2) is 62.3 Å². The number of hydrogen-bond donors (Lipinski definition) is 0. The van der Waals surface area contributed by atoms with Crippen LogP contribution in [0.4, 0.5) is 0 Å². The van der Waals surface area contributed by atoms with Crippen molar-refractivity contribution in [3.63, 3.8) is 0 Å². The Kier molecular flexibility index (Phi) is 5.31. The Morgan fingerprint density at radius 1 is 1.12 bits per heavy atom. The van der Waals surface area contributed by atoms with E-state index in [1.165, 1.54) is 30.2 Å². The summed E-state index contributed by atoms with van der Waals surface area (Å²) >= 11 is 0. The highest BCUT2D eigenvalue weighted by Gasteiger charge is 2.30. The Hall–Kier alpha value is -1.79. The Morgan fingerprint density at radius 2 is 2.04 bits per heavy atom. The molecule has 0 saturated carbocycles. The predicted molar refractivity (Wildman–Crippen MR) is 102 cm³/mol. The van der Waals surface area contributed by atoms with Crippen LogP contribution in [0.3, 0.4) is 0 Å². The molecule has 0 bridgehead atoms. The van der Waals surface area contributed by atoms with Crippen LogP contribution in [-0.2, 0) is 19.5 Å². The molecule has 6 nitrogen and oxygen atoms in total. The molecule has 1 fully saturated rings. The normalized spacial score (nSPS) is 21.9. The van der Waals surface area contributed by atoms with E-state index in [1.807, 2.05) is 18.5 Å². The average Bonchev–Trinajstić information content (AvgIpc) is 3.20. The molecule has 1 saturated heterocycles. The Morgan fingerprint density at radius 3 is 2.85 bits per heavy atom. The Labute approximate surface area is 156 Å². The van der Waals surface area contributed by atoms with Gasteiger partial charge in [-0.05, 0) is 30.5 Å². The molecular formula is C20H30N6. The quantitative estimate of drug-likeness (QED) is 0.824. The second kappa shape index (κ2) is 7.84. The number of nitrogens with zero attached hydrogens (tertiary/aromatic N) is 6. The molecule has 0 aliphatic carbocycles. The highest BCUT2D eigenvalue weighted by molar-refractivity contribution is 5.11. The maximum absolute atomic E-state index is 4.60. The highest BCUT2D eigenvalue weighted by Crippen LogP contribution is 2.28. The lowest BCUT2D eigenvalue weighted by Crippen LogP contribution is -2.31. The predicted octanol–water partition coefficient (Wildman–Crippen LogP) is 2.18. The van der Waals surface area contributed by atoms with Gasteiger partial charge < -0.3 is 9.47 Å². The van der Waals surface area contributed by atoms with E-state index < -0.39 is 0 Å². The van der Waals surface area contributed by atoms with Gasteiger partial charge in [0.2, 0.25) is 0 Å². The minimum atomic E-state index is 0.504. The lowest BCUT2D eigenvalue weighted by molar-refractivity contribution is 0.248. The van der Waals surface area contributed by atoms with Crippen LogP contribution >= 0.6 is 0 Å². The van der Waals surface area contributed by atoms with Gasteiger partial charge in [0.05, 0.1) is 0 Å². The first-order chi connectivity index (χ1) is 12.7.